The van der Waals surface area contributed by atoms with Crippen molar-refractivity contribution in [2.24, 2.45) is 0 Å². The number of methoxy groups -OCH3 is 1. The number of carboxylic acid groups (broad SMARTS) is 1. The molecule has 6 nitrogen and oxygen atoms in total. The molecule has 0 radical (unpaired) electrons. The molecule has 0 aromatic heterocycles. The number of nitrogens with one attached hydrogen (secondary N) is 2. The van der Waals surface area contributed by atoms with Crippen molar-refractivity contribution in [1.82, 2.24) is 0 Å². The Bertz CT molecular complexity index is 375. The van der Waals surface area contributed by atoms with Gasteiger partial charge >= 0.3 is 6.09 Å². The fourth-order valence-electron chi connectivity index (χ4n) is 1.09. The van der Waals surface area contributed by atoms with Gasteiger partial charge in [-0.1, -0.05) is 0 Å². The van der Waals surface area contributed by atoms with Gasteiger partial charge in [-0.2, -0.15) is 0 Å². The SMILES string of the molecule is COCC(=O)Nc1ccc(NC(=O)O)cc1. The summed E-state index contributed by atoms with van der Waals surface area (Å²) in [6, 6.07) is 6.30. The molecule has 0 atom stereocenters. The molecule has 3 N–H and O–H groups in total. The third-order valence-electron chi connectivity index (χ3n) is 1.70. The van der Waals surface area contributed by atoms with Gasteiger partial charge in [-0.15, -0.1) is 0 Å². The number of hydrogen-bond donors (Lipinski definition) is 3. The summed E-state index contributed by atoms with van der Waals surface area (Å²) in [5.41, 5.74) is 1.02. The Labute approximate surface area is 92.2 Å². The molecule has 0 heterocycles. The van der Waals surface area contributed by atoms with Crippen LogP contribution in [-0.4, -0.2) is 30.8 Å². The highest BCUT2D eigenvalue weighted by Crippen LogP contribution is 2.13. The predicted molar refractivity (Wildman–Crippen MR) is 58.6 cm³/mol. The Morgan fingerprint density at radius 1 is 1.19 bits per heavy atom. The molecular formula is C10H12N2O4. The van der Waals surface area contributed by atoms with Crippen LogP contribution in [0.4, 0.5) is 16.2 Å². The minimum absolute atomic E-state index is 0.0187. The van der Waals surface area contributed by atoms with Gasteiger partial charge in [0.15, 0.2) is 0 Å². The summed E-state index contributed by atoms with van der Waals surface area (Å²) in [4.78, 5) is 21.4. The molecule has 1 aromatic rings. The van der Waals surface area contributed by atoms with E-state index in [1.807, 2.05) is 0 Å². The monoisotopic (exact) mass is 224 g/mol. The average molecular weight is 224 g/mol. The van der Waals surface area contributed by atoms with Crippen LogP contribution in [0.25, 0.3) is 0 Å². The van der Waals surface area contributed by atoms with Crippen LogP contribution in [0, 0.1) is 0 Å². The third kappa shape index (κ3) is 3.97. The smallest absolute Gasteiger partial charge is 0.409 e. The van der Waals surface area contributed by atoms with Crippen LogP contribution in [0.5, 0.6) is 0 Å². The van der Waals surface area contributed by atoms with Gasteiger partial charge < -0.3 is 15.2 Å². The van der Waals surface area contributed by atoms with Gasteiger partial charge in [-0.3, -0.25) is 10.1 Å². The lowest BCUT2D eigenvalue weighted by Crippen LogP contribution is -2.17. The largest absolute Gasteiger partial charge is 0.465 e. The highest BCUT2D eigenvalue weighted by molar-refractivity contribution is 5.92. The minimum Gasteiger partial charge on any atom is -0.465 e. The maximum absolute atomic E-state index is 11.1. The van der Waals surface area contributed by atoms with Gasteiger partial charge in [0, 0.05) is 18.5 Å². The summed E-state index contributed by atoms with van der Waals surface area (Å²) in [6.07, 6.45) is -1.13. The second-order valence-corrected chi connectivity index (χ2v) is 2.99. The minimum atomic E-state index is -1.13. The molecule has 16 heavy (non-hydrogen) atoms. The number of anilines is 2. The Kier molecular flexibility index (Phi) is 4.28. The summed E-state index contributed by atoms with van der Waals surface area (Å²) in [7, 11) is 1.43. The van der Waals surface area contributed by atoms with Crippen LogP contribution >= 0.6 is 0 Å². The average Bonchev–Trinajstić information content (AvgIpc) is 2.20. The van der Waals surface area contributed by atoms with Crippen LogP contribution in [0.2, 0.25) is 0 Å². The standard InChI is InChI=1S/C10H12N2O4/c1-16-6-9(13)11-7-2-4-8(5-3-7)12-10(14)15/h2-5,12H,6H2,1H3,(H,11,13)(H,14,15). The molecule has 6 heteroatoms. The van der Waals surface area contributed by atoms with Crippen LogP contribution in [0.1, 0.15) is 0 Å². The Morgan fingerprint density at radius 3 is 2.12 bits per heavy atom. The number of carbonyl (C=O) groups excluding carboxylic acids is 1. The van der Waals surface area contributed by atoms with Crippen molar-refractivity contribution in [2.45, 2.75) is 0 Å². The van der Waals surface area contributed by atoms with Crippen molar-refractivity contribution < 1.29 is 19.4 Å². The second-order valence-electron chi connectivity index (χ2n) is 2.99. The maximum atomic E-state index is 11.1. The molecule has 1 rings (SSSR count). The molecule has 1 aromatic carbocycles. The molecular weight excluding hydrogens is 212 g/mol. The quantitative estimate of drug-likeness (QED) is 0.720. The first-order chi connectivity index (χ1) is 7.61. The molecule has 0 aliphatic rings. The summed E-state index contributed by atoms with van der Waals surface area (Å²) in [5.74, 6) is -0.263. The van der Waals surface area contributed by atoms with E-state index in [1.165, 1.54) is 7.11 Å². The van der Waals surface area contributed by atoms with E-state index in [-0.39, 0.29) is 12.5 Å². The first kappa shape index (κ1) is 12.0. The van der Waals surface area contributed by atoms with E-state index in [4.69, 9.17) is 5.11 Å². The fraction of sp³-hybridized carbons (Fsp3) is 0.200. The Balaban J connectivity index is 2.57. The number of hydrogen-bond acceptors (Lipinski definition) is 3. The topological polar surface area (TPSA) is 87.7 Å². The van der Waals surface area contributed by atoms with Crippen molar-refractivity contribution in [3.8, 4) is 0 Å². The van der Waals surface area contributed by atoms with Crippen LogP contribution in [0.15, 0.2) is 24.3 Å². The number of benzene rings is 1. The molecule has 2 amide bonds. The highest BCUT2D eigenvalue weighted by Gasteiger charge is 2.02. The van der Waals surface area contributed by atoms with Crippen LogP contribution < -0.4 is 10.6 Å². The van der Waals surface area contributed by atoms with Gasteiger partial charge in [0.05, 0.1) is 0 Å². The lowest BCUT2D eigenvalue weighted by molar-refractivity contribution is -0.119. The van der Waals surface area contributed by atoms with Gasteiger partial charge in [0.2, 0.25) is 5.91 Å². The summed E-state index contributed by atoms with van der Waals surface area (Å²) in [5, 5.41) is 13.2. The molecule has 0 saturated heterocycles. The van der Waals surface area contributed by atoms with Gasteiger partial charge in [0.25, 0.3) is 0 Å². The van der Waals surface area contributed by atoms with E-state index in [2.05, 4.69) is 15.4 Å². The van der Waals surface area contributed by atoms with Gasteiger partial charge in [-0.25, -0.2) is 4.79 Å². The van der Waals surface area contributed by atoms with Gasteiger partial charge in [0.1, 0.15) is 6.61 Å². The predicted octanol–water partition coefficient (Wildman–Crippen LogP) is 1.36. The van der Waals surface area contributed by atoms with Crippen molar-refractivity contribution in [1.29, 1.82) is 0 Å². The lowest BCUT2D eigenvalue weighted by atomic mass is 10.3. The zero-order valence-electron chi connectivity index (χ0n) is 8.69. The first-order valence-electron chi connectivity index (χ1n) is 4.50. The van der Waals surface area contributed by atoms with E-state index in [0.717, 1.165) is 0 Å². The number of ether oxygens (including phenoxy) is 1. The molecule has 0 aliphatic carbocycles. The lowest BCUT2D eigenvalue weighted by Gasteiger charge is -2.05. The zero-order chi connectivity index (χ0) is 12.0. The second kappa shape index (κ2) is 5.72. The van der Waals surface area contributed by atoms with Crippen molar-refractivity contribution in [3.63, 3.8) is 0 Å². The number of rotatable bonds is 4. The summed E-state index contributed by atoms with van der Waals surface area (Å²) in [6.45, 7) is -0.0187. The first-order valence-corrected chi connectivity index (χ1v) is 4.50. The molecule has 0 spiro atoms. The zero-order valence-corrected chi connectivity index (χ0v) is 8.69. The van der Waals surface area contributed by atoms with E-state index >= 15 is 0 Å². The molecule has 0 saturated carbocycles. The molecule has 86 valence electrons. The normalized spacial score (nSPS) is 9.56. The van der Waals surface area contributed by atoms with Crippen molar-refractivity contribution in [2.75, 3.05) is 24.4 Å². The van der Waals surface area contributed by atoms with E-state index in [0.29, 0.717) is 11.4 Å². The third-order valence-corrected chi connectivity index (χ3v) is 1.70. The molecule has 0 fully saturated rings. The van der Waals surface area contributed by atoms with Crippen LogP contribution in [-0.2, 0) is 9.53 Å². The van der Waals surface area contributed by atoms with Crippen molar-refractivity contribution >= 4 is 23.4 Å². The van der Waals surface area contributed by atoms with Crippen molar-refractivity contribution in [3.05, 3.63) is 24.3 Å². The molecule has 0 aliphatic heterocycles. The molecule has 0 bridgehead atoms. The summed E-state index contributed by atoms with van der Waals surface area (Å²) < 4.78 is 4.65. The summed E-state index contributed by atoms with van der Waals surface area (Å²) >= 11 is 0. The maximum Gasteiger partial charge on any atom is 0.409 e. The highest BCUT2D eigenvalue weighted by atomic mass is 16.5. The Hall–Kier alpha value is -2.08. The number of amides is 2. The fourth-order valence-corrected chi connectivity index (χ4v) is 1.09. The van der Waals surface area contributed by atoms with E-state index < -0.39 is 6.09 Å². The molecule has 0 unspecified atom stereocenters. The van der Waals surface area contributed by atoms with Gasteiger partial charge in [-0.05, 0) is 24.3 Å². The van der Waals surface area contributed by atoms with E-state index in [9.17, 15) is 9.59 Å². The van der Waals surface area contributed by atoms with E-state index in [1.54, 1.807) is 24.3 Å². The Morgan fingerprint density at radius 2 is 1.69 bits per heavy atom. The number of carbonyl (C=O) groups is 2. The van der Waals surface area contributed by atoms with Crippen LogP contribution in [0.3, 0.4) is 0 Å².